The Balaban J connectivity index is 1.76. The van der Waals surface area contributed by atoms with Gasteiger partial charge in [0.1, 0.15) is 11.1 Å². The van der Waals surface area contributed by atoms with E-state index < -0.39 is 0 Å². The number of para-hydroxylation sites is 1. The van der Waals surface area contributed by atoms with Gasteiger partial charge in [-0.25, -0.2) is 4.98 Å². The average molecular weight is 347 g/mol. The molecular formula is C20H17N3OS. The molecule has 1 N–H and O–H groups in total. The van der Waals surface area contributed by atoms with E-state index in [0.717, 1.165) is 27.7 Å². The lowest BCUT2D eigenvalue weighted by atomic mass is 10.1. The summed E-state index contributed by atoms with van der Waals surface area (Å²) < 4.78 is 0. The fraction of sp³-hybridized carbons (Fsp3) is 0.150. The molecule has 0 unspecified atom stereocenters. The van der Waals surface area contributed by atoms with Crippen LogP contribution in [-0.4, -0.2) is 16.6 Å². The Morgan fingerprint density at radius 3 is 2.76 bits per heavy atom. The van der Waals surface area contributed by atoms with Crippen LogP contribution in [0.15, 0.2) is 53.6 Å². The van der Waals surface area contributed by atoms with Gasteiger partial charge in [0.15, 0.2) is 0 Å². The highest BCUT2D eigenvalue weighted by atomic mass is 32.2. The van der Waals surface area contributed by atoms with Crippen LogP contribution < -0.4 is 5.32 Å². The summed E-state index contributed by atoms with van der Waals surface area (Å²) in [7, 11) is 0. The number of thioether (sulfide) groups is 1. The second-order valence-electron chi connectivity index (χ2n) is 5.80. The van der Waals surface area contributed by atoms with Crippen LogP contribution in [0.25, 0.3) is 10.9 Å². The first-order chi connectivity index (χ1) is 12.1. The van der Waals surface area contributed by atoms with Gasteiger partial charge in [0.05, 0.1) is 16.8 Å². The summed E-state index contributed by atoms with van der Waals surface area (Å²) >= 11 is 1.28. The molecule has 2 aromatic carbocycles. The molecule has 0 saturated heterocycles. The molecule has 0 aliphatic rings. The third-order valence-electron chi connectivity index (χ3n) is 3.81. The maximum absolute atomic E-state index is 12.2. The first-order valence-corrected chi connectivity index (χ1v) is 8.85. The molecule has 0 saturated carbocycles. The van der Waals surface area contributed by atoms with Gasteiger partial charge in [-0.05, 0) is 43.7 Å². The van der Waals surface area contributed by atoms with Crippen LogP contribution in [-0.2, 0) is 4.79 Å². The van der Waals surface area contributed by atoms with Gasteiger partial charge in [-0.3, -0.25) is 4.79 Å². The van der Waals surface area contributed by atoms with Crippen molar-refractivity contribution in [2.45, 2.75) is 18.9 Å². The number of carbonyl (C=O) groups excluding carboxylic acids is 1. The van der Waals surface area contributed by atoms with E-state index >= 15 is 0 Å². The predicted octanol–water partition coefficient (Wildman–Crippen LogP) is 4.45. The molecule has 124 valence electrons. The van der Waals surface area contributed by atoms with Crippen LogP contribution in [0.1, 0.15) is 16.7 Å². The lowest BCUT2D eigenvalue weighted by molar-refractivity contribution is -0.113. The first kappa shape index (κ1) is 17.0. The number of fused-ring (bicyclic) bond motifs is 1. The van der Waals surface area contributed by atoms with Gasteiger partial charge in [0, 0.05) is 11.1 Å². The molecule has 0 spiro atoms. The Hall–Kier alpha value is -2.84. The number of aryl methyl sites for hydroxylation is 2. The highest BCUT2D eigenvalue weighted by Crippen LogP contribution is 2.25. The maximum Gasteiger partial charge on any atom is 0.234 e. The van der Waals surface area contributed by atoms with E-state index in [4.69, 9.17) is 0 Å². The van der Waals surface area contributed by atoms with Crippen LogP contribution in [0.5, 0.6) is 0 Å². The van der Waals surface area contributed by atoms with Crippen LogP contribution in [0.2, 0.25) is 0 Å². The Morgan fingerprint density at radius 1 is 1.20 bits per heavy atom. The number of amides is 1. The number of carbonyl (C=O) groups is 1. The van der Waals surface area contributed by atoms with Gasteiger partial charge < -0.3 is 5.32 Å². The number of nitrogens with one attached hydrogen (secondary N) is 1. The summed E-state index contributed by atoms with van der Waals surface area (Å²) in [5, 5.41) is 13.8. The topological polar surface area (TPSA) is 65.8 Å². The lowest BCUT2D eigenvalue weighted by Crippen LogP contribution is -2.15. The summed E-state index contributed by atoms with van der Waals surface area (Å²) in [6.45, 7) is 3.95. The molecule has 3 aromatic rings. The minimum Gasteiger partial charge on any atom is -0.325 e. The molecule has 0 radical (unpaired) electrons. The number of benzene rings is 2. The number of nitriles is 1. The summed E-state index contributed by atoms with van der Waals surface area (Å²) in [4.78, 5) is 16.7. The largest absolute Gasteiger partial charge is 0.325 e. The minimum absolute atomic E-state index is 0.117. The van der Waals surface area contributed by atoms with E-state index in [-0.39, 0.29) is 11.7 Å². The molecule has 3 rings (SSSR count). The van der Waals surface area contributed by atoms with Crippen LogP contribution in [0.3, 0.4) is 0 Å². The molecule has 1 heterocycles. The van der Waals surface area contributed by atoms with Crippen molar-refractivity contribution in [2.24, 2.45) is 0 Å². The summed E-state index contributed by atoms with van der Waals surface area (Å²) in [5.41, 5.74) is 4.25. The SMILES string of the molecule is Cc1ccc2nc(SCC(=O)Nc3ccccc3C)c(C#N)cc2c1. The first-order valence-electron chi connectivity index (χ1n) is 7.86. The molecule has 1 amide bonds. The Kier molecular flexibility index (Phi) is 5.01. The monoisotopic (exact) mass is 347 g/mol. The quantitative estimate of drug-likeness (QED) is 0.708. The van der Waals surface area contributed by atoms with Gasteiger partial charge >= 0.3 is 0 Å². The minimum atomic E-state index is -0.117. The number of hydrogen-bond acceptors (Lipinski definition) is 4. The van der Waals surface area contributed by atoms with Crippen LogP contribution >= 0.6 is 11.8 Å². The molecule has 0 bridgehead atoms. The van der Waals surface area contributed by atoms with Crippen molar-refractivity contribution in [3.63, 3.8) is 0 Å². The second kappa shape index (κ2) is 7.37. The average Bonchev–Trinajstić information content (AvgIpc) is 2.61. The number of pyridine rings is 1. The summed E-state index contributed by atoms with van der Waals surface area (Å²) in [5.74, 6) is 0.0851. The maximum atomic E-state index is 12.2. The van der Waals surface area contributed by atoms with Gasteiger partial charge in [0.25, 0.3) is 0 Å². The lowest BCUT2D eigenvalue weighted by Gasteiger charge is -2.09. The second-order valence-corrected chi connectivity index (χ2v) is 6.76. The molecule has 0 fully saturated rings. The van der Waals surface area contributed by atoms with E-state index in [1.807, 2.05) is 62.4 Å². The summed E-state index contributed by atoms with van der Waals surface area (Å²) in [6, 6.07) is 17.6. The van der Waals surface area contributed by atoms with E-state index in [9.17, 15) is 10.1 Å². The van der Waals surface area contributed by atoms with Gasteiger partial charge in [-0.2, -0.15) is 5.26 Å². The zero-order valence-corrected chi connectivity index (χ0v) is 14.9. The predicted molar refractivity (Wildman–Crippen MR) is 102 cm³/mol. The number of hydrogen-bond donors (Lipinski definition) is 1. The number of anilines is 1. The fourth-order valence-corrected chi connectivity index (χ4v) is 3.26. The van der Waals surface area contributed by atoms with Crippen molar-refractivity contribution in [1.82, 2.24) is 4.98 Å². The number of nitrogens with zero attached hydrogens (tertiary/aromatic N) is 2. The molecule has 0 aliphatic carbocycles. The standard InChI is InChI=1S/C20H17N3OS/c1-13-7-8-18-15(9-13)10-16(11-21)20(23-18)25-12-19(24)22-17-6-4-3-5-14(17)2/h3-10H,12H2,1-2H3,(H,22,24). The Morgan fingerprint density at radius 2 is 2.00 bits per heavy atom. The van der Waals surface area contributed by atoms with Crippen molar-refractivity contribution >= 4 is 34.3 Å². The van der Waals surface area contributed by atoms with Crippen molar-refractivity contribution in [1.29, 1.82) is 5.26 Å². The fourth-order valence-electron chi connectivity index (χ4n) is 2.50. The van der Waals surface area contributed by atoms with E-state index in [1.54, 1.807) is 0 Å². The molecular weight excluding hydrogens is 330 g/mol. The third kappa shape index (κ3) is 3.98. The molecule has 0 atom stereocenters. The zero-order chi connectivity index (χ0) is 17.8. The Labute approximate surface area is 150 Å². The normalized spacial score (nSPS) is 10.4. The van der Waals surface area contributed by atoms with E-state index in [2.05, 4.69) is 16.4 Å². The third-order valence-corrected chi connectivity index (χ3v) is 4.81. The molecule has 25 heavy (non-hydrogen) atoms. The smallest absolute Gasteiger partial charge is 0.234 e. The van der Waals surface area contributed by atoms with Crippen molar-refractivity contribution in [2.75, 3.05) is 11.1 Å². The molecule has 1 aromatic heterocycles. The van der Waals surface area contributed by atoms with E-state index in [0.29, 0.717) is 10.6 Å². The van der Waals surface area contributed by atoms with Crippen molar-refractivity contribution in [3.8, 4) is 6.07 Å². The van der Waals surface area contributed by atoms with Crippen molar-refractivity contribution in [3.05, 3.63) is 65.2 Å². The number of aromatic nitrogens is 1. The molecule has 4 nitrogen and oxygen atoms in total. The summed E-state index contributed by atoms with van der Waals surface area (Å²) in [6.07, 6.45) is 0. The van der Waals surface area contributed by atoms with Gasteiger partial charge in [0.2, 0.25) is 5.91 Å². The Bertz CT molecular complexity index is 992. The zero-order valence-electron chi connectivity index (χ0n) is 14.0. The van der Waals surface area contributed by atoms with Crippen LogP contribution in [0.4, 0.5) is 5.69 Å². The molecule has 5 heteroatoms. The van der Waals surface area contributed by atoms with Gasteiger partial charge in [-0.15, -0.1) is 0 Å². The number of rotatable bonds is 4. The van der Waals surface area contributed by atoms with Crippen LogP contribution in [0, 0.1) is 25.2 Å². The molecule has 0 aliphatic heterocycles. The highest BCUT2D eigenvalue weighted by Gasteiger charge is 2.11. The van der Waals surface area contributed by atoms with Crippen molar-refractivity contribution < 1.29 is 4.79 Å². The van der Waals surface area contributed by atoms with E-state index in [1.165, 1.54) is 11.8 Å². The van der Waals surface area contributed by atoms with Gasteiger partial charge in [-0.1, -0.05) is 41.6 Å². The highest BCUT2D eigenvalue weighted by molar-refractivity contribution is 8.00.